The Kier molecular flexibility index (Phi) is 7.58. The lowest BCUT2D eigenvalue weighted by Gasteiger charge is -2.34. The average Bonchev–Trinajstić information content (AvgIpc) is 2.58. The zero-order chi connectivity index (χ0) is 17.5. The highest BCUT2D eigenvalue weighted by atomic mass is 79.9. The molecule has 1 aromatic carbocycles. The number of nitrogens with one attached hydrogen (secondary N) is 1. The summed E-state index contributed by atoms with van der Waals surface area (Å²) in [7, 11) is 0. The topological polar surface area (TPSA) is 58.6 Å². The van der Waals surface area contributed by atoms with Crippen LogP contribution in [0.5, 0.6) is 0 Å². The van der Waals surface area contributed by atoms with E-state index in [9.17, 15) is 9.59 Å². The number of benzene rings is 1. The Morgan fingerprint density at radius 1 is 1.46 bits per heavy atom. The molecule has 2 atom stereocenters. The van der Waals surface area contributed by atoms with Crippen LogP contribution in [0.15, 0.2) is 28.7 Å². The van der Waals surface area contributed by atoms with Gasteiger partial charge in [0.05, 0.1) is 18.3 Å². The van der Waals surface area contributed by atoms with Crippen molar-refractivity contribution in [3.8, 4) is 0 Å². The first-order chi connectivity index (χ1) is 11.5. The van der Waals surface area contributed by atoms with Crippen LogP contribution in [-0.4, -0.2) is 60.6 Å². The van der Waals surface area contributed by atoms with E-state index in [1.54, 1.807) is 22.7 Å². The van der Waals surface area contributed by atoms with Crippen molar-refractivity contribution in [2.24, 2.45) is 0 Å². The van der Waals surface area contributed by atoms with Crippen LogP contribution < -0.4 is 5.32 Å². The van der Waals surface area contributed by atoms with Crippen LogP contribution >= 0.6 is 27.7 Å². The van der Waals surface area contributed by atoms with Crippen molar-refractivity contribution in [1.29, 1.82) is 0 Å². The summed E-state index contributed by atoms with van der Waals surface area (Å²) in [5, 5.41) is 2.91. The molecule has 7 heteroatoms. The number of hydrogen-bond donors (Lipinski definition) is 1. The molecule has 1 fully saturated rings. The van der Waals surface area contributed by atoms with Crippen LogP contribution in [0.25, 0.3) is 0 Å². The van der Waals surface area contributed by atoms with E-state index in [4.69, 9.17) is 4.74 Å². The quantitative estimate of drug-likeness (QED) is 0.776. The number of amides is 2. The number of halogens is 1. The second-order valence-electron chi connectivity index (χ2n) is 5.75. The number of rotatable bonds is 6. The second-order valence-corrected chi connectivity index (χ2v) is 7.59. The highest BCUT2D eigenvalue weighted by Crippen LogP contribution is 2.17. The Hall–Kier alpha value is -1.05. The van der Waals surface area contributed by atoms with Crippen LogP contribution in [0.2, 0.25) is 0 Å². The third kappa shape index (κ3) is 5.22. The van der Waals surface area contributed by atoms with Gasteiger partial charge in [-0.05, 0) is 53.4 Å². The minimum Gasteiger partial charge on any atom is -0.375 e. The zero-order valence-corrected chi connectivity index (χ0v) is 16.4. The van der Waals surface area contributed by atoms with Gasteiger partial charge in [-0.1, -0.05) is 12.1 Å². The number of morpholine rings is 1. The van der Waals surface area contributed by atoms with Gasteiger partial charge < -0.3 is 15.0 Å². The van der Waals surface area contributed by atoms with Crippen molar-refractivity contribution in [1.82, 2.24) is 10.2 Å². The SMILES string of the molecule is CSCCC(NC(=O)c1ccccc1Br)C(=O)N1CCOC(C)C1. The van der Waals surface area contributed by atoms with E-state index in [1.165, 1.54) is 0 Å². The fourth-order valence-electron chi connectivity index (χ4n) is 2.61. The van der Waals surface area contributed by atoms with E-state index in [0.717, 1.165) is 10.2 Å². The van der Waals surface area contributed by atoms with Gasteiger partial charge in [-0.15, -0.1) is 0 Å². The molecule has 1 aromatic rings. The summed E-state index contributed by atoms with van der Waals surface area (Å²) in [5.74, 6) is 0.551. The maximum atomic E-state index is 12.8. The van der Waals surface area contributed by atoms with Gasteiger partial charge in [0.2, 0.25) is 5.91 Å². The molecule has 24 heavy (non-hydrogen) atoms. The molecule has 1 heterocycles. The first-order valence-corrected chi connectivity index (χ1v) is 10.2. The van der Waals surface area contributed by atoms with E-state index in [1.807, 2.05) is 31.4 Å². The Bertz CT molecular complexity index is 585. The summed E-state index contributed by atoms with van der Waals surface area (Å²) < 4.78 is 6.21. The molecular formula is C17H23BrN2O3S. The Morgan fingerprint density at radius 3 is 2.88 bits per heavy atom. The molecule has 2 amide bonds. The molecule has 5 nitrogen and oxygen atoms in total. The van der Waals surface area contributed by atoms with E-state index in [2.05, 4.69) is 21.2 Å². The summed E-state index contributed by atoms with van der Waals surface area (Å²) in [6.45, 7) is 3.64. The highest BCUT2D eigenvalue weighted by Gasteiger charge is 2.29. The molecule has 2 unspecified atom stereocenters. The summed E-state index contributed by atoms with van der Waals surface area (Å²) in [6, 6.07) is 6.71. The lowest BCUT2D eigenvalue weighted by molar-refractivity contribution is -0.140. The monoisotopic (exact) mass is 414 g/mol. The van der Waals surface area contributed by atoms with Crippen molar-refractivity contribution in [2.75, 3.05) is 31.7 Å². The number of carbonyl (C=O) groups excluding carboxylic acids is 2. The van der Waals surface area contributed by atoms with Crippen LogP contribution in [-0.2, 0) is 9.53 Å². The average molecular weight is 415 g/mol. The first kappa shape index (κ1) is 19.3. The molecule has 0 aromatic heterocycles. The highest BCUT2D eigenvalue weighted by molar-refractivity contribution is 9.10. The van der Waals surface area contributed by atoms with Crippen molar-refractivity contribution >= 4 is 39.5 Å². The molecule has 1 saturated heterocycles. The van der Waals surface area contributed by atoms with Gasteiger partial charge in [0.15, 0.2) is 0 Å². The minimum absolute atomic E-state index is 0.0281. The summed E-state index contributed by atoms with van der Waals surface area (Å²) in [4.78, 5) is 27.2. The maximum absolute atomic E-state index is 12.8. The Labute approximate surface area is 155 Å². The number of hydrogen-bond acceptors (Lipinski definition) is 4. The van der Waals surface area contributed by atoms with Crippen LogP contribution in [0.4, 0.5) is 0 Å². The maximum Gasteiger partial charge on any atom is 0.253 e. The van der Waals surface area contributed by atoms with E-state index in [-0.39, 0.29) is 17.9 Å². The van der Waals surface area contributed by atoms with E-state index in [0.29, 0.717) is 31.7 Å². The van der Waals surface area contributed by atoms with Gasteiger partial charge in [0, 0.05) is 17.6 Å². The third-order valence-electron chi connectivity index (χ3n) is 3.89. The Balaban J connectivity index is 2.08. The lowest BCUT2D eigenvalue weighted by atomic mass is 10.1. The molecule has 1 aliphatic heterocycles. The fraction of sp³-hybridized carbons (Fsp3) is 0.529. The molecule has 1 aliphatic rings. The summed E-state index contributed by atoms with van der Waals surface area (Å²) in [5.41, 5.74) is 0.537. The Morgan fingerprint density at radius 2 is 2.21 bits per heavy atom. The van der Waals surface area contributed by atoms with Crippen molar-refractivity contribution in [3.05, 3.63) is 34.3 Å². The van der Waals surface area contributed by atoms with Gasteiger partial charge in [-0.2, -0.15) is 11.8 Å². The largest absolute Gasteiger partial charge is 0.375 e. The molecule has 2 rings (SSSR count). The molecular weight excluding hydrogens is 392 g/mol. The van der Waals surface area contributed by atoms with Crippen molar-refractivity contribution < 1.29 is 14.3 Å². The standard InChI is InChI=1S/C17H23BrN2O3S/c1-12-11-20(8-9-23-12)17(22)15(7-10-24-2)19-16(21)13-5-3-4-6-14(13)18/h3-6,12,15H,7-11H2,1-2H3,(H,19,21). The van der Waals surface area contributed by atoms with E-state index < -0.39 is 6.04 Å². The van der Waals surface area contributed by atoms with E-state index >= 15 is 0 Å². The van der Waals surface area contributed by atoms with Crippen molar-refractivity contribution in [3.63, 3.8) is 0 Å². The third-order valence-corrected chi connectivity index (χ3v) is 5.22. The van der Waals surface area contributed by atoms with Crippen LogP contribution in [0, 0.1) is 0 Å². The number of thioether (sulfide) groups is 1. The minimum atomic E-state index is -0.512. The molecule has 132 valence electrons. The smallest absolute Gasteiger partial charge is 0.253 e. The zero-order valence-electron chi connectivity index (χ0n) is 14.0. The summed E-state index contributed by atoms with van der Waals surface area (Å²) >= 11 is 5.05. The molecule has 0 spiro atoms. The number of carbonyl (C=O) groups is 2. The second kappa shape index (κ2) is 9.44. The number of nitrogens with zero attached hydrogens (tertiary/aromatic N) is 1. The first-order valence-electron chi connectivity index (χ1n) is 7.97. The lowest BCUT2D eigenvalue weighted by Crippen LogP contribution is -2.53. The molecule has 0 bridgehead atoms. The van der Waals surface area contributed by atoms with Gasteiger partial charge in [0.25, 0.3) is 5.91 Å². The van der Waals surface area contributed by atoms with Gasteiger partial charge in [-0.3, -0.25) is 9.59 Å². The fourth-order valence-corrected chi connectivity index (χ4v) is 3.55. The van der Waals surface area contributed by atoms with Gasteiger partial charge in [-0.25, -0.2) is 0 Å². The van der Waals surface area contributed by atoms with Crippen LogP contribution in [0.1, 0.15) is 23.7 Å². The molecule has 0 radical (unpaired) electrons. The van der Waals surface area contributed by atoms with Gasteiger partial charge in [0.1, 0.15) is 6.04 Å². The molecule has 0 aliphatic carbocycles. The predicted molar refractivity (Wildman–Crippen MR) is 100 cm³/mol. The molecule has 1 N–H and O–H groups in total. The van der Waals surface area contributed by atoms with Gasteiger partial charge >= 0.3 is 0 Å². The van der Waals surface area contributed by atoms with Crippen molar-refractivity contribution in [2.45, 2.75) is 25.5 Å². The number of ether oxygens (including phenoxy) is 1. The predicted octanol–water partition coefficient (Wildman–Crippen LogP) is 2.55. The summed E-state index contributed by atoms with van der Waals surface area (Å²) in [6.07, 6.45) is 2.64. The molecule has 0 saturated carbocycles. The van der Waals surface area contributed by atoms with Crippen LogP contribution in [0.3, 0.4) is 0 Å². The normalized spacial score (nSPS) is 19.0.